The van der Waals surface area contributed by atoms with Crippen LogP contribution < -0.4 is 10.2 Å². The summed E-state index contributed by atoms with van der Waals surface area (Å²) < 4.78 is 0. The second-order valence-electron chi connectivity index (χ2n) is 4.66. The van der Waals surface area contributed by atoms with E-state index >= 15 is 0 Å². The zero-order valence-electron chi connectivity index (χ0n) is 10.9. The summed E-state index contributed by atoms with van der Waals surface area (Å²) in [5.74, 6) is -0.824. The number of hydrogen-bond acceptors (Lipinski definition) is 3. The third-order valence-corrected chi connectivity index (χ3v) is 3.46. The Hall–Kier alpha value is -2.04. The first-order chi connectivity index (χ1) is 9.13. The summed E-state index contributed by atoms with van der Waals surface area (Å²) in [5.41, 5.74) is 2.04. The predicted molar refractivity (Wildman–Crippen MR) is 72.2 cm³/mol. The first kappa shape index (κ1) is 13.4. The van der Waals surface area contributed by atoms with Crippen LogP contribution in [-0.2, 0) is 16.0 Å². The second kappa shape index (κ2) is 5.73. The van der Waals surface area contributed by atoms with Gasteiger partial charge in [-0.2, -0.15) is 0 Å². The summed E-state index contributed by atoms with van der Waals surface area (Å²) in [7, 11) is 1.60. The lowest BCUT2D eigenvalue weighted by molar-refractivity contribution is -0.138. The molecule has 1 aromatic carbocycles. The van der Waals surface area contributed by atoms with Crippen LogP contribution in [0.3, 0.4) is 0 Å². The largest absolute Gasteiger partial charge is 0.480 e. The summed E-state index contributed by atoms with van der Waals surface area (Å²) >= 11 is 0. The van der Waals surface area contributed by atoms with Crippen LogP contribution in [0.1, 0.15) is 18.4 Å². The van der Waals surface area contributed by atoms with Gasteiger partial charge in [-0.15, -0.1) is 0 Å². The predicted octanol–water partition coefficient (Wildman–Crippen LogP) is 1.03. The van der Waals surface area contributed by atoms with E-state index in [-0.39, 0.29) is 5.91 Å². The van der Waals surface area contributed by atoms with Gasteiger partial charge in [-0.25, -0.2) is 4.79 Å². The van der Waals surface area contributed by atoms with Gasteiger partial charge >= 0.3 is 5.97 Å². The van der Waals surface area contributed by atoms with Gasteiger partial charge in [0.2, 0.25) is 5.91 Å². The molecule has 102 valence electrons. The standard InChI is InChI=1S/C14H18N2O3/c1-15-13(17)7-4-8-16-11-6-3-2-5-10(11)9-12(16)14(18)19/h2-3,5-6,12H,4,7-9H2,1H3,(H,15,17)(H,18,19). The summed E-state index contributed by atoms with van der Waals surface area (Å²) in [4.78, 5) is 24.4. The number of carbonyl (C=O) groups excluding carboxylic acids is 1. The number of anilines is 1. The third-order valence-electron chi connectivity index (χ3n) is 3.46. The normalized spacial score (nSPS) is 17.1. The van der Waals surface area contributed by atoms with Crippen LogP contribution in [0.2, 0.25) is 0 Å². The number of amides is 1. The van der Waals surface area contributed by atoms with Crippen molar-refractivity contribution >= 4 is 17.6 Å². The molecule has 0 bridgehead atoms. The van der Waals surface area contributed by atoms with E-state index in [1.807, 2.05) is 29.2 Å². The molecule has 2 N–H and O–H groups in total. The molecular formula is C14H18N2O3. The monoisotopic (exact) mass is 262 g/mol. The number of para-hydroxylation sites is 1. The zero-order chi connectivity index (χ0) is 13.8. The van der Waals surface area contributed by atoms with Gasteiger partial charge < -0.3 is 15.3 Å². The highest BCUT2D eigenvalue weighted by Gasteiger charge is 2.33. The highest BCUT2D eigenvalue weighted by Crippen LogP contribution is 2.32. The quantitative estimate of drug-likeness (QED) is 0.831. The van der Waals surface area contributed by atoms with Gasteiger partial charge in [-0.3, -0.25) is 4.79 Å². The topological polar surface area (TPSA) is 69.6 Å². The molecule has 19 heavy (non-hydrogen) atoms. The molecule has 0 fully saturated rings. The van der Waals surface area contributed by atoms with Gasteiger partial charge in [0.1, 0.15) is 6.04 Å². The Balaban J connectivity index is 2.07. The van der Waals surface area contributed by atoms with Crippen LogP contribution in [0.4, 0.5) is 5.69 Å². The Morgan fingerprint density at radius 3 is 2.84 bits per heavy atom. The molecule has 0 spiro atoms. The van der Waals surface area contributed by atoms with Crippen molar-refractivity contribution in [3.8, 4) is 0 Å². The van der Waals surface area contributed by atoms with Crippen LogP contribution in [0, 0.1) is 0 Å². The summed E-state index contributed by atoms with van der Waals surface area (Å²) in [5, 5.41) is 11.9. The molecule has 1 amide bonds. The van der Waals surface area contributed by atoms with Gasteiger partial charge in [-0.05, 0) is 18.1 Å². The van der Waals surface area contributed by atoms with Crippen molar-refractivity contribution in [2.45, 2.75) is 25.3 Å². The molecule has 1 unspecified atom stereocenters. The molecule has 0 saturated carbocycles. The third kappa shape index (κ3) is 2.86. The van der Waals surface area contributed by atoms with E-state index in [2.05, 4.69) is 5.32 Å². The number of carbonyl (C=O) groups is 2. The molecule has 1 aliphatic rings. The molecule has 5 nitrogen and oxygen atoms in total. The molecule has 0 radical (unpaired) electrons. The van der Waals surface area contributed by atoms with Crippen LogP contribution in [-0.4, -0.2) is 36.6 Å². The summed E-state index contributed by atoms with van der Waals surface area (Å²) in [6.07, 6.45) is 1.60. The minimum absolute atomic E-state index is 0.0145. The highest BCUT2D eigenvalue weighted by atomic mass is 16.4. The fourth-order valence-corrected chi connectivity index (χ4v) is 2.48. The SMILES string of the molecule is CNC(=O)CCCN1c2ccccc2CC1C(=O)O. The average Bonchev–Trinajstić information content (AvgIpc) is 2.78. The van der Waals surface area contributed by atoms with Crippen molar-refractivity contribution in [1.29, 1.82) is 0 Å². The van der Waals surface area contributed by atoms with E-state index in [1.54, 1.807) is 7.05 Å². The second-order valence-corrected chi connectivity index (χ2v) is 4.66. The van der Waals surface area contributed by atoms with E-state index in [0.717, 1.165) is 11.3 Å². The van der Waals surface area contributed by atoms with Crippen LogP contribution >= 0.6 is 0 Å². The number of aliphatic carboxylic acids is 1. The molecule has 0 aliphatic carbocycles. The van der Waals surface area contributed by atoms with E-state index in [9.17, 15) is 14.7 Å². The Bertz CT molecular complexity index is 487. The fourth-order valence-electron chi connectivity index (χ4n) is 2.48. The number of hydrogen-bond donors (Lipinski definition) is 2. The van der Waals surface area contributed by atoms with Crippen LogP contribution in [0.25, 0.3) is 0 Å². The minimum Gasteiger partial charge on any atom is -0.480 e. The Kier molecular flexibility index (Phi) is 4.04. The van der Waals surface area contributed by atoms with Crippen molar-refractivity contribution in [3.05, 3.63) is 29.8 Å². The molecule has 1 atom stereocenters. The molecular weight excluding hydrogens is 244 g/mol. The lowest BCUT2D eigenvalue weighted by Gasteiger charge is -2.24. The number of rotatable bonds is 5. The zero-order valence-corrected chi connectivity index (χ0v) is 10.9. The molecule has 1 aliphatic heterocycles. The number of carboxylic acid groups (broad SMARTS) is 1. The highest BCUT2D eigenvalue weighted by molar-refractivity contribution is 5.82. The van der Waals surface area contributed by atoms with Gasteiger partial charge in [0.25, 0.3) is 0 Å². The summed E-state index contributed by atoms with van der Waals surface area (Å²) in [6, 6.07) is 7.23. The lowest BCUT2D eigenvalue weighted by atomic mass is 10.1. The molecule has 2 rings (SSSR count). The lowest BCUT2D eigenvalue weighted by Crippen LogP contribution is -2.39. The number of carboxylic acids is 1. The van der Waals surface area contributed by atoms with Gasteiger partial charge in [0, 0.05) is 32.1 Å². The van der Waals surface area contributed by atoms with Crippen molar-refractivity contribution in [3.63, 3.8) is 0 Å². The van der Waals surface area contributed by atoms with Crippen LogP contribution in [0.15, 0.2) is 24.3 Å². The van der Waals surface area contributed by atoms with E-state index < -0.39 is 12.0 Å². The molecule has 0 saturated heterocycles. The van der Waals surface area contributed by atoms with Gasteiger partial charge in [-0.1, -0.05) is 18.2 Å². The fraction of sp³-hybridized carbons (Fsp3) is 0.429. The van der Waals surface area contributed by atoms with E-state index in [4.69, 9.17) is 0 Å². The molecule has 1 aromatic rings. The van der Waals surface area contributed by atoms with Crippen molar-refractivity contribution in [1.82, 2.24) is 5.32 Å². The first-order valence-electron chi connectivity index (χ1n) is 6.41. The van der Waals surface area contributed by atoms with Crippen molar-refractivity contribution < 1.29 is 14.7 Å². The number of fused-ring (bicyclic) bond motifs is 1. The maximum absolute atomic E-state index is 11.3. The smallest absolute Gasteiger partial charge is 0.326 e. The number of nitrogens with zero attached hydrogens (tertiary/aromatic N) is 1. The first-order valence-corrected chi connectivity index (χ1v) is 6.41. The molecule has 5 heteroatoms. The van der Waals surface area contributed by atoms with Crippen molar-refractivity contribution in [2.24, 2.45) is 0 Å². The van der Waals surface area contributed by atoms with Crippen molar-refractivity contribution in [2.75, 3.05) is 18.5 Å². The maximum atomic E-state index is 11.3. The Morgan fingerprint density at radius 2 is 2.16 bits per heavy atom. The number of benzene rings is 1. The Morgan fingerprint density at radius 1 is 1.42 bits per heavy atom. The van der Waals surface area contributed by atoms with E-state index in [0.29, 0.717) is 25.8 Å². The minimum atomic E-state index is -0.809. The summed E-state index contributed by atoms with van der Waals surface area (Å²) in [6.45, 7) is 0.585. The average molecular weight is 262 g/mol. The Labute approximate surface area is 112 Å². The number of nitrogens with one attached hydrogen (secondary N) is 1. The molecule has 0 aromatic heterocycles. The maximum Gasteiger partial charge on any atom is 0.326 e. The van der Waals surface area contributed by atoms with Gasteiger partial charge in [0.15, 0.2) is 0 Å². The van der Waals surface area contributed by atoms with Crippen LogP contribution in [0.5, 0.6) is 0 Å². The van der Waals surface area contributed by atoms with E-state index in [1.165, 1.54) is 0 Å². The molecule has 1 heterocycles. The van der Waals surface area contributed by atoms with Gasteiger partial charge in [0.05, 0.1) is 0 Å².